The number of hydrogen-bond donors (Lipinski definition) is 1. The van der Waals surface area contributed by atoms with Crippen LogP contribution >= 0.6 is 27.5 Å². The third kappa shape index (κ3) is 49.5. The molecular formula is C112H127BrClF18N3O5. The molecule has 0 unspecified atom stereocenters. The molecule has 0 radical (unpaired) electrons. The molecule has 0 atom stereocenters. The average Bonchev–Trinajstić information content (AvgIpc) is 0.830. The lowest BCUT2D eigenvalue weighted by Gasteiger charge is -2.14. The number of nitriles is 1. The van der Waals surface area contributed by atoms with E-state index in [1.165, 1.54) is 180 Å². The van der Waals surface area contributed by atoms with Crippen molar-refractivity contribution in [3.8, 4) is 11.8 Å². The molecule has 0 saturated heterocycles. The molecule has 28 heteroatoms. The summed E-state index contributed by atoms with van der Waals surface area (Å²) >= 11 is 8.81. The molecule has 0 heterocycles. The third-order valence-corrected chi connectivity index (χ3v) is 21.6. The zero-order chi connectivity index (χ0) is 107. The molecule has 0 aliphatic rings. The molecule has 0 spiro atoms. The van der Waals surface area contributed by atoms with Gasteiger partial charge in [0, 0.05) is 49.2 Å². The largest absolute Gasteiger partial charge is 0.573 e. The van der Waals surface area contributed by atoms with Gasteiger partial charge in [-0.15, -0.1) is 13.2 Å². The second-order valence-corrected chi connectivity index (χ2v) is 35.2. The normalized spacial score (nSPS) is 10.8. The van der Waals surface area contributed by atoms with Crippen LogP contribution in [0, 0.1) is 157 Å². The number of methoxy groups -OCH3 is 1. The van der Waals surface area contributed by atoms with Crippen LogP contribution in [0.2, 0.25) is 5.02 Å². The molecule has 12 aromatic carbocycles. The van der Waals surface area contributed by atoms with Crippen molar-refractivity contribution in [1.82, 2.24) is 9.80 Å². The molecule has 12 aromatic rings. The van der Waals surface area contributed by atoms with E-state index >= 15 is 0 Å². The van der Waals surface area contributed by atoms with Crippen molar-refractivity contribution in [1.29, 1.82) is 5.26 Å². The Hall–Kier alpha value is -11.5. The van der Waals surface area contributed by atoms with E-state index < -0.39 is 65.1 Å². The molecule has 8 nitrogen and oxygen atoms in total. The minimum absolute atomic E-state index is 0.0557. The summed E-state index contributed by atoms with van der Waals surface area (Å²) in [5, 5.41) is 18.1. The summed E-state index contributed by atoms with van der Waals surface area (Å²) in [5.74, 6) is -0.449. The Morgan fingerprint density at radius 3 is 1.05 bits per heavy atom. The second kappa shape index (κ2) is 59.9. The van der Waals surface area contributed by atoms with E-state index in [0.717, 1.165) is 87.0 Å². The van der Waals surface area contributed by atoms with Crippen LogP contribution in [0.1, 0.15) is 189 Å². The highest BCUT2D eigenvalue weighted by molar-refractivity contribution is 9.10. The molecule has 1 N–H and O–H groups in total. The van der Waals surface area contributed by atoms with Crippen molar-refractivity contribution in [3.05, 3.63) is 412 Å². The molecule has 0 saturated carbocycles. The van der Waals surface area contributed by atoms with Gasteiger partial charge >= 0.3 is 37.2 Å². The SMILES string of the molecule is COCc1ccc(C(F)(F)F)c(C)c1.Cc1cc(Br)ccc1C(F)(F)F.Cc1cc(C(=O)N(C)C)ccc1C(F)(F)F.Cc1cc(CN(C)C)ccc1C(F)(F)F.Cc1ccc(C#N)c(C)c1.Cc1ccc(C(F)(F)F)c(C)c1.Cc1ccc(C)c(C)c1.Cc1ccc(CCC=O)cc1C.Cc1ccc(CO)cc1C.Cc1ccc(Cl)cc1C.Cc1ccc(OC(F)(F)F)c(C)c1.Cc1ccccc1C. The molecule has 0 aliphatic carbocycles. The van der Waals surface area contributed by atoms with Crippen LogP contribution < -0.4 is 4.74 Å². The van der Waals surface area contributed by atoms with Crippen LogP contribution in [-0.4, -0.2) is 68.8 Å². The zero-order valence-corrected chi connectivity index (χ0v) is 86.3. The predicted molar refractivity (Wildman–Crippen MR) is 532 cm³/mol. The first-order valence-electron chi connectivity index (χ1n) is 43.7. The average molecular weight is 2050 g/mol. The van der Waals surface area contributed by atoms with Crippen LogP contribution in [0.15, 0.2) is 229 Å². The molecule has 140 heavy (non-hydrogen) atoms. The smallest absolute Gasteiger partial charge is 0.406 e. The monoisotopic (exact) mass is 2050 g/mol. The fourth-order valence-corrected chi connectivity index (χ4v) is 13.3. The minimum Gasteiger partial charge on any atom is -0.406 e. The number of aldehydes is 1. The molecular weight excluding hydrogens is 1920 g/mol. The Balaban J connectivity index is 0.000000767. The van der Waals surface area contributed by atoms with Crippen LogP contribution in [0.25, 0.3) is 0 Å². The molecule has 1 amide bonds. The van der Waals surface area contributed by atoms with Crippen molar-refractivity contribution in [2.45, 2.75) is 215 Å². The van der Waals surface area contributed by atoms with Gasteiger partial charge in [0.05, 0.1) is 52.7 Å². The number of alkyl halides is 18. The van der Waals surface area contributed by atoms with Crippen LogP contribution in [-0.2, 0) is 66.6 Å². The molecule has 0 aliphatic heterocycles. The molecule has 0 bridgehead atoms. The maximum Gasteiger partial charge on any atom is 0.573 e. The lowest BCUT2D eigenvalue weighted by atomic mass is 10.0. The summed E-state index contributed by atoms with van der Waals surface area (Å²) < 4.78 is 229. The highest BCUT2D eigenvalue weighted by atomic mass is 79.9. The van der Waals surface area contributed by atoms with Gasteiger partial charge in [0.1, 0.15) is 12.0 Å². The van der Waals surface area contributed by atoms with E-state index in [-0.39, 0.29) is 51.6 Å². The standard InChI is InChI=1S/C11H12F3NO.C11H14F3N.C11H14O.C10H11F3O.C9H9F3O.C9H9F3.C9H9N.C9H12O.C9H12.C8H6BrF3.C8H9Cl.C8H10/c1-7-6-8(10(16)15(2)3)4-5-9(7)11(12,13)14;1-8-6-9(7-15(2)3)4-5-10(8)11(12,13)14;1-9-5-6-11(4-3-7-12)8-10(9)2;1-7-5-8(6-14-2)3-4-9(7)10(11,12)13;1-6-3-4-8(7(2)5-6)13-9(10,11)12;1-6-3-4-8(7(2)5-6)9(10,11)12;1-7-3-4-9(6-10)8(2)5-7;1-7-3-4-9(6-10)5-8(7)2;1-7-4-5-8(2)9(3)6-7;1-5-4-6(9)2-3-7(5)8(10,11)12;1-6-3-4-8(9)5-7(6)2;1-7-5-3-4-6-8(7)2/h4-6H,1-3H3;4-6H,7H2,1-3H3;5-8H,3-4H2,1-2H3;3-5H,6H2,1-2H3;3-5H,1-2H3;3-5H,1-2H3;3-5H,1-2H3;3-5,10H,6H2,1-2H3;4-6H,1-3H3;2-4H,1H3;3-5H,1-2H3;3-6H,1-2H3. The fraction of sp³-hybridized carbons (Fsp3) is 0.330. The maximum atomic E-state index is 12.4. The van der Waals surface area contributed by atoms with Gasteiger partial charge in [0.15, 0.2) is 0 Å². The molecule has 0 aromatic heterocycles. The fourth-order valence-electron chi connectivity index (χ4n) is 12.6. The van der Waals surface area contributed by atoms with E-state index in [2.05, 4.69) is 164 Å². The summed E-state index contributed by atoms with van der Waals surface area (Å²) in [6.07, 6.45) is -23.5. The predicted octanol–water partition coefficient (Wildman–Crippen LogP) is 33.5. The third-order valence-electron chi connectivity index (χ3n) is 20.9. The summed E-state index contributed by atoms with van der Waals surface area (Å²) in [4.78, 5) is 24.9. The Morgan fingerprint density at radius 2 is 0.700 bits per heavy atom. The van der Waals surface area contributed by atoms with Gasteiger partial charge in [-0.3, -0.25) is 4.79 Å². The summed E-state index contributed by atoms with van der Waals surface area (Å²) in [7, 11) is 8.37. The van der Waals surface area contributed by atoms with Gasteiger partial charge < -0.3 is 29.2 Å². The summed E-state index contributed by atoms with van der Waals surface area (Å²) in [5.41, 5.74) is 22.0. The summed E-state index contributed by atoms with van der Waals surface area (Å²) in [6.45, 7) is 40.5. The number of benzene rings is 12. The minimum atomic E-state index is -4.61. The lowest BCUT2D eigenvalue weighted by molar-refractivity contribution is -0.274. The van der Waals surface area contributed by atoms with Gasteiger partial charge in [-0.25, -0.2) is 0 Å². The first kappa shape index (κ1) is 126. The zero-order valence-electron chi connectivity index (χ0n) is 84.0. The Kier molecular flexibility index (Phi) is 54.1. The molecule has 0 fully saturated rings. The van der Waals surface area contributed by atoms with Gasteiger partial charge in [-0.1, -0.05) is 195 Å². The molecule has 12 rings (SSSR count). The van der Waals surface area contributed by atoms with Gasteiger partial charge in [-0.05, 0) is 362 Å². The highest BCUT2D eigenvalue weighted by Gasteiger charge is 2.36. The van der Waals surface area contributed by atoms with Crippen LogP contribution in [0.4, 0.5) is 79.0 Å². The number of carbonyl (C=O) groups is 2. The van der Waals surface area contributed by atoms with Gasteiger partial charge in [0.2, 0.25) is 0 Å². The van der Waals surface area contributed by atoms with E-state index in [1.807, 2.05) is 94.4 Å². The number of halogens is 20. The van der Waals surface area contributed by atoms with E-state index in [9.17, 15) is 88.6 Å². The number of aryl methyl sites for hydroxylation is 22. The number of rotatable bonds is 10. The summed E-state index contributed by atoms with van der Waals surface area (Å²) in [6, 6.07) is 65.2. The Bertz CT molecular complexity index is 5800. The second-order valence-electron chi connectivity index (χ2n) is 33.8. The highest BCUT2D eigenvalue weighted by Crippen LogP contribution is 2.38. The first-order valence-corrected chi connectivity index (χ1v) is 44.9. The van der Waals surface area contributed by atoms with Crippen LogP contribution in [0.5, 0.6) is 5.75 Å². The van der Waals surface area contributed by atoms with Gasteiger partial charge in [0.25, 0.3) is 5.91 Å². The topological polar surface area (TPSA) is 103 Å². The van der Waals surface area contributed by atoms with Crippen molar-refractivity contribution < 1.29 is 103 Å². The first-order chi connectivity index (χ1) is 64.6. The Morgan fingerprint density at radius 1 is 0.371 bits per heavy atom. The van der Waals surface area contributed by atoms with Gasteiger partial charge in [-0.2, -0.15) is 71.1 Å². The number of amides is 1. The van der Waals surface area contributed by atoms with Crippen LogP contribution in [0.3, 0.4) is 0 Å². The molecule has 760 valence electrons. The van der Waals surface area contributed by atoms with Crippen molar-refractivity contribution in [2.75, 3.05) is 35.3 Å². The van der Waals surface area contributed by atoms with Crippen molar-refractivity contribution in [2.24, 2.45) is 0 Å². The Labute approximate surface area is 827 Å². The number of hydrogen-bond acceptors (Lipinski definition) is 7. The lowest BCUT2D eigenvalue weighted by Crippen LogP contribution is -2.22. The number of aliphatic hydroxyl groups excluding tert-OH is 1. The number of carbonyl (C=O) groups excluding carboxylic acids is 2. The van der Waals surface area contributed by atoms with Crippen molar-refractivity contribution >= 4 is 39.7 Å². The van der Waals surface area contributed by atoms with E-state index in [0.29, 0.717) is 29.6 Å². The number of aliphatic hydroxyl groups is 1. The quantitative estimate of drug-likeness (QED) is 0.107. The number of ether oxygens (including phenoxy) is 2. The van der Waals surface area contributed by atoms with E-state index in [4.69, 9.17) is 26.7 Å². The van der Waals surface area contributed by atoms with E-state index in [1.54, 1.807) is 46.1 Å². The van der Waals surface area contributed by atoms with Crippen molar-refractivity contribution in [3.63, 3.8) is 0 Å². The number of nitrogens with zero attached hydrogens (tertiary/aromatic N) is 3. The maximum absolute atomic E-state index is 12.4.